The van der Waals surface area contributed by atoms with Crippen molar-refractivity contribution in [3.8, 4) is 0 Å². The van der Waals surface area contributed by atoms with Crippen molar-refractivity contribution in [1.29, 1.82) is 5.41 Å². The van der Waals surface area contributed by atoms with Gasteiger partial charge in [0.05, 0.1) is 0 Å². The van der Waals surface area contributed by atoms with Crippen LogP contribution in [0.4, 0.5) is 0 Å². The molecule has 21 heavy (non-hydrogen) atoms. The van der Waals surface area contributed by atoms with Gasteiger partial charge in [-0.05, 0) is 31.1 Å². The minimum atomic E-state index is 0.0613. The summed E-state index contributed by atoms with van der Waals surface area (Å²) in [4.78, 5) is 4.98. The molecule has 1 unspecified atom stereocenters. The lowest BCUT2D eigenvalue weighted by Gasteiger charge is -2.26. The highest BCUT2D eigenvalue weighted by molar-refractivity contribution is 6.31. The maximum atomic E-state index is 7.45. The smallest absolute Gasteiger partial charge is 0.122 e. The Morgan fingerprint density at radius 1 is 1.43 bits per heavy atom. The van der Waals surface area contributed by atoms with Crippen molar-refractivity contribution in [3.63, 3.8) is 0 Å². The molecule has 1 aromatic rings. The molecule has 0 spiro atoms. The Morgan fingerprint density at radius 3 is 2.71 bits per heavy atom. The lowest BCUT2D eigenvalue weighted by atomic mass is 10.1. The van der Waals surface area contributed by atoms with E-state index in [2.05, 4.69) is 23.6 Å². The summed E-state index contributed by atoms with van der Waals surface area (Å²) in [5.41, 5.74) is 7.29. The minimum absolute atomic E-state index is 0.0613. The number of benzene rings is 1. The van der Waals surface area contributed by atoms with Crippen molar-refractivity contribution in [2.45, 2.75) is 32.9 Å². The average Bonchev–Trinajstić information content (AvgIpc) is 2.91. The number of nitrogens with one attached hydrogen (secondary N) is 1. The summed E-state index contributed by atoms with van der Waals surface area (Å²) >= 11 is 6.32. The number of likely N-dealkylation sites (N-methyl/N-ethyl adjacent to an activating group) is 1. The highest BCUT2D eigenvalue weighted by Gasteiger charge is 2.26. The number of nitrogens with two attached hydrogens (primary N) is 1. The van der Waals surface area contributed by atoms with Gasteiger partial charge < -0.3 is 5.73 Å². The quantitative estimate of drug-likeness (QED) is 0.627. The maximum Gasteiger partial charge on any atom is 0.122 e. The molecule has 0 saturated carbocycles. The number of likely N-dealkylation sites (tertiary alicyclic amines) is 1. The average molecular weight is 309 g/mol. The zero-order chi connectivity index (χ0) is 15.4. The zero-order valence-electron chi connectivity index (χ0n) is 12.9. The third-order valence-electron chi connectivity index (χ3n) is 4.33. The van der Waals surface area contributed by atoms with E-state index in [1.807, 2.05) is 12.1 Å². The molecule has 1 atom stereocenters. The summed E-state index contributed by atoms with van der Waals surface area (Å²) in [7, 11) is 0. The van der Waals surface area contributed by atoms with Gasteiger partial charge in [-0.3, -0.25) is 15.2 Å². The summed E-state index contributed by atoms with van der Waals surface area (Å²) in [6.07, 6.45) is 1.23. The number of rotatable bonds is 6. The molecule has 0 aromatic heterocycles. The minimum Gasteiger partial charge on any atom is -0.384 e. The van der Waals surface area contributed by atoms with Gasteiger partial charge in [0.15, 0.2) is 0 Å². The number of halogens is 1. The van der Waals surface area contributed by atoms with Crippen LogP contribution in [0.2, 0.25) is 5.02 Å². The van der Waals surface area contributed by atoms with Gasteiger partial charge in [-0.2, -0.15) is 0 Å². The van der Waals surface area contributed by atoms with Crippen LogP contribution in [-0.2, 0) is 6.54 Å². The van der Waals surface area contributed by atoms with Crippen LogP contribution < -0.4 is 5.73 Å². The second-order valence-electron chi connectivity index (χ2n) is 5.62. The normalized spacial score (nSPS) is 19.3. The maximum absolute atomic E-state index is 7.45. The molecule has 0 aliphatic carbocycles. The van der Waals surface area contributed by atoms with Crippen LogP contribution in [-0.4, -0.2) is 47.9 Å². The van der Waals surface area contributed by atoms with E-state index in [0.717, 1.165) is 38.3 Å². The van der Waals surface area contributed by atoms with E-state index in [-0.39, 0.29) is 5.84 Å². The van der Waals surface area contributed by atoms with Crippen molar-refractivity contribution in [2.24, 2.45) is 5.73 Å². The van der Waals surface area contributed by atoms with Crippen LogP contribution in [0.1, 0.15) is 31.4 Å². The summed E-state index contributed by atoms with van der Waals surface area (Å²) in [5, 5.41) is 8.15. The molecule has 0 amide bonds. The highest BCUT2D eigenvalue weighted by Crippen LogP contribution is 2.23. The molecule has 1 aliphatic rings. The molecule has 1 aliphatic heterocycles. The second kappa shape index (κ2) is 7.25. The van der Waals surface area contributed by atoms with Crippen molar-refractivity contribution in [2.75, 3.05) is 26.2 Å². The Hall–Kier alpha value is -1.10. The second-order valence-corrected chi connectivity index (χ2v) is 6.03. The van der Waals surface area contributed by atoms with Gasteiger partial charge in [-0.25, -0.2) is 0 Å². The molecule has 3 N–H and O–H groups in total. The summed E-state index contributed by atoms with van der Waals surface area (Å²) < 4.78 is 0. The van der Waals surface area contributed by atoms with E-state index in [4.69, 9.17) is 22.7 Å². The molecule has 5 heteroatoms. The molecular formula is C16H25ClN4. The third-order valence-corrected chi connectivity index (χ3v) is 4.69. The van der Waals surface area contributed by atoms with Crippen molar-refractivity contribution >= 4 is 17.4 Å². The molecule has 0 radical (unpaired) electrons. The number of nitrogens with zero attached hydrogens (tertiary/aromatic N) is 2. The van der Waals surface area contributed by atoms with Crippen molar-refractivity contribution in [3.05, 3.63) is 34.3 Å². The van der Waals surface area contributed by atoms with Gasteiger partial charge in [0.2, 0.25) is 0 Å². The molecule has 4 nitrogen and oxygen atoms in total. The van der Waals surface area contributed by atoms with E-state index in [1.165, 1.54) is 6.42 Å². The van der Waals surface area contributed by atoms with E-state index in [1.54, 1.807) is 6.07 Å². The number of hydrogen-bond acceptors (Lipinski definition) is 3. The van der Waals surface area contributed by atoms with Crippen LogP contribution in [0.5, 0.6) is 0 Å². The van der Waals surface area contributed by atoms with Crippen LogP contribution in [0.25, 0.3) is 0 Å². The lowest BCUT2D eigenvalue weighted by molar-refractivity contribution is 0.209. The van der Waals surface area contributed by atoms with Gasteiger partial charge >= 0.3 is 0 Å². The summed E-state index contributed by atoms with van der Waals surface area (Å²) in [6.45, 7) is 9.77. The summed E-state index contributed by atoms with van der Waals surface area (Å²) in [6, 6.07) is 6.32. The van der Waals surface area contributed by atoms with Crippen LogP contribution >= 0.6 is 11.6 Å². The fraction of sp³-hybridized carbons (Fsp3) is 0.562. The standard InChI is InChI=1S/C16H25ClN4/c1-3-21(4-2)14-7-8-20(11-14)10-13-6-5-12(16(18)19)9-15(13)17/h5-6,9,14H,3-4,7-8,10-11H2,1-2H3,(H3,18,19). The van der Waals surface area contributed by atoms with Gasteiger partial charge in [-0.15, -0.1) is 0 Å². The Balaban J connectivity index is 1.98. The number of nitrogen functional groups attached to an aromatic ring is 1. The fourth-order valence-electron chi connectivity index (χ4n) is 3.08. The SMILES string of the molecule is CCN(CC)C1CCN(Cc2ccc(C(=N)N)cc2Cl)C1. The lowest BCUT2D eigenvalue weighted by Crippen LogP contribution is -2.37. The highest BCUT2D eigenvalue weighted by atomic mass is 35.5. The predicted molar refractivity (Wildman–Crippen MR) is 89.1 cm³/mol. The van der Waals surface area contributed by atoms with Gasteiger partial charge in [0.25, 0.3) is 0 Å². The molecule has 0 bridgehead atoms. The summed E-state index contributed by atoms with van der Waals surface area (Å²) in [5.74, 6) is 0.0613. The van der Waals surface area contributed by atoms with Gasteiger partial charge in [0.1, 0.15) is 5.84 Å². The first kappa shape index (κ1) is 16.3. The molecular weight excluding hydrogens is 284 g/mol. The fourth-order valence-corrected chi connectivity index (χ4v) is 3.32. The van der Waals surface area contributed by atoms with E-state index < -0.39 is 0 Å². The largest absolute Gasteiger partial charge is 0.384 e. The molecule has 1 aromatic carbocycles. The first-order valence-corrected chi connectivity index (χ1v) is 8.02. The van der Waals surface area contributed by atoms with E-state index >= 15 is 0 Å². The van der Waals surface area contributed by atoms with Gasteiger partial charge in [-0.1, -0.05) is 37.6 Å². The van der Waals surface area contributed by atoms with Crippen molar-refractivity contribution < 1.29 is 0 Å². The van der Waals surface area contributed by atoms with E-state index in [9.17, 15) is 0 Å². The predicted octanol–water partition coefficient (Wildman–Crippen LogP) is 2.54. The topological polar surface area (TPSA) is 56.4 Å². The Kier molecular flexibility index (Phi) is 5.62. The molecule has 116 valence electrons. The first-order valence-electron chi connectivity index (χ1n) is 7.64. The number of hydrogen-bond donors (Lipinski definition) is 2. The van der Waals surface area contributed by atoms with Crippen molar-refractivity contribution in [1.82, 2.24) is 9.80 Å². The Bertz CT molecular complexity index is 499. The third kappa shape index (κ3) is 3.96. The first-order chi connectivity index (χ1) is 10.0. The Morgan fingerprint density at radius 2 is 2.14 bits per heavy atom. The van der Waals surface area contributed by atoms with E-state index in [0.29, 0.717) is 16.6 Å². The van der Waals surface area contributed by atoms with Crippen LogP contribution in [0.15, 0.2) is 18.2 Å². The molecule has 1 saturated heterocycles. The zero-order valence-corrected chi connectivity index (χ0v) is 13.7. The number of amidine groups is 1. The molecule has 2 rings (SSSR count). The monoisotopic (exact) mass is 308 g/mol. The molecule has 1 fully saturated rings. The Labute approximate surface area is 132 Å². The van der Waals surface area contributed by atoms with Crippen LogP contribution in [0.3, 0.4) is 0 Å². The van der Waals surface area contributed by atoms with Gasteiger partial charge in [0, 0.05) is 36.3 Å². The molecule has 1 heterocycles. The van der Waals surface area contributed by atoms with Crippen LogP contribution in [0, 0.1) is 5.41 Å².